The van der Waals surface area contributed by atoms with Crippen molar-refractivity contribution in [2.45, 2.75) is 173 Å². The molecular weight excluding hydrogens is 471 g/mol. The maximum absolute atomic E-state index is 6.14. The SMILES string of the molecule is C[Si](Cl)(Cl)CCCCCCCCCCCCCCCCCCCCCCCCCCCCl. The van der Waals surface area contributed by atoms with E-state index in [0.717, 1.165) is 11.9 Å². The van der Waals surface area contributed by atoms with Crippen LogP contribution in [0.15, 0.2) is 0 Å². The van der Waals surface area contributed by atoms with E-state index < -0.39 is 6.69 Å². The van der Waals surface area contributed by atoms with Gasteiger partial charge in [0.15, 0.2) is 0 Å². The molecule has 0 aromatic rings. The number of halogens is 3. The molecule has 194 valence electrons. The van der Waals surface area contributed by atoms with Gasteiger partial charge in [0.2, 0.25) is 6.69 Å². The molecule has 0 amide bonds. The molecule has 0 aromatic carbocycles. The lowest BCUT2D eigenvalue weighted by atomic mass is 10.0. The van der Waals surface area contributed by atoms with E-state index >= 15 is 0 Å². The van der Waals surface area contributed by atoms with E-state index in [-0.39, 0.29) is 0 Å². The molecular formula is C28H57Cl3Si. The van der Waals surface area contributed by atoms with Crippen molar-refractivity contribution in [3.05, 3.63) is 0 Å². The Morgan fingerprint density at radius 2 is 0.531 bits per heavy atom. The van der Waals surface area contributed by atoms with Gasteiger partial charge in [-0.1, -0.05) is 154 Å². The summed E-state index contributed by atoms with van der Waals surface area (Å²) in [7, 11) is 0. The lowest BCUT2D eigenvalue weighted by Gasteiger charge is -2.09. The highest BCUT2D eigenvalue weighted by molar-refractivity contribution is 7.44. The monoisotopic (exact) mass is 526 g/mol. The normalized spacial score (nSPS) is 12.0. The van der Waals surface area contributed by atoms with Gasteiger partial charge in [-0.05, 0) is 19.0 Å². The molecule has 4 heteroatoms. The highest BCUT2D eigenvalue weighted by atomic mass is 35.7. The van der Waals surface area contributed by atoms with Crippen LogP contribution in [-0.2, 0) is 0 Å². The fourth-order valence-electron chi connectivity index (χ4n) is 4.60. The maximum Gasteiger partial charge on any atom is 0.248 e. The molecule has 0 aliphatic rings. The van der Waals surface area contributed by atoms with Gasteiger partial charge in [-0.25, -0.2) is 0 Å². The predicted octanol–water partition coefficient (Wildman–Crippen LogP) is 12.5. The van der Waals surface area contributed by atoms with Crippen LogP contribution in [-0.4, -0.2) is 12.6 Å². The number of alkyl halides is 1. The first kappa shape index (κ1) is 33.1. The Kier molecular flexibility index (Phi) is 27.6. The van der Waals surface area contributed by atoms with Crippen LogP contribution in [0.1, 0.15) is 161 Å². The molecule has 0 aliphatic heterocycles. The van der Waals surface area contributed by atoms with Crippen molar-refractivity contribution in [3.8, 4) is 0 Å². The van der Waals surface area contributed by atoms with Gasteiger partial charge < -0.3 is 0 Å². The van der Waals surface area contributed by atoms with Crippen LogP contribution in [0.25, 0.3) is 0 Å². The van der Waals surface area contributed by atoms with Gasteiger partial charge in [-0.2, -0.15) is 0 Å². The highest BCUT2D eigenvalue weighted by Gasteiger charge is 2.19. The Labute approximate surface area is 218 Å². The molecule has 0 heterocycles. The second-order valence-electron chi connectivity index (χ2n) is 10.3. The molecule has 0 nitrogen and oxygen atoms in total. The van der Waals surface area contributed by atoms with Crippen LogP contribution in [0.2, 0.25) is 12.6 Å². The number of hydrogen-bond acceptors (Lipinski definition) is 0. The van der Waals surface area contributed by atoms with Gasteiger partial charge in [-0.15, -0.1) is 33.8 Å². The van der Waals surface area contributed by atoms with Crippen LogP contribution < -0.4 is 0 Å². The van der Waals surface area contributed by atoms with Crippen LogP contribution in [0.4, 0.5) is 0 Å². The van der Waals surface area contributed by atoms with Gasteiger partial charge in [0.1, 0.15) is 0 Å². The van der Waals surface area contributed by atoms with Crippen molar-refractivity contribution in [3.63, 3.8) is 0 Å². The molecule has 0 aliphatic carbocycles. The van der Waals surface area contributed by atoms with Crippen molar-refractivity contribution < 1.29 is 0 Å². The fourth-order valence-corrected chi connectivity index (χ4v) is 6.46. The standard InChI is InChI=1S/C28H57Cl3Si/c1-32(30,31)28-26-24-22-20-18-16-14-12-10-8-6-4-2-3-5-7-9-11-13-15-17-19-21-23-25-27-29/h2-28H2,1H3. The van der Waals surface area contributed by atoms with Crippen molar-refractivity contribution in [2.75, 3.05) is 5.88 Å². The lowest BCUT2D eigenvalue weighted by Crippen LogP contribution is -2.11. The first-order valence-corrected chi connectivity index (χ1v) is 19.8. The summed E-state index contributed by atoms with van der Waals surface area (Å²) < 4.78 is 0. The van der Waals surface area contributed by atoms with Gasteiger partial charge in [0.25, 0.3) is 0 Å². The Hall–Kier alpha value is 1.09. The van der Waals surface area contributed by atoms with Crippen LogP contribution in [0.5, 0.6) is 0 Å². The third-order valence-electron chi connectivity index (χ3n) is 6.75. The van der Waals surface area contributed by atoms with Crippen LogP contribution in [0, 0.1) is 0 Å². The summed E-state index contributed by atoms with van der Waals surface area (Å²) in [4.78, 5) is 0. The Morgan fingerprint density at radius 3 is 0.719 bits per heavy atom. The van der Waals surface area contributed by atoms with E-state index in [1.54, 1.807) is 0 Å². The minimum atomic E-state index is -1.84. The van der Waals surface area contributed by atoms with E-state index in [4.69, 9.17) is 33.8 Å². The Balaban J connectivity index is 3.02. The third kappa shape index (κ3) is 31.1. The van der Waals surface area contributed by atoms with E-state index in [1.807, 2.05) is 6.55 Å². The topological polar surface area (TPSA) is 0 Å². The summed E-state index contributed by atoms with van der Waals surface area (Å²) in [5.41, 5.74) is 0. The first-order valence-electron chi connectivity index (χ1n) is 14.5. The smallest absolute Gasteiger partial charge is 0.146 e. The summed E-state index contributed by atoms with van der Waals surface area (Å²) >= 11 is 18.0. The molecule has 0 aromatic heterocycles. The molecule has 0 bridgehead atoms. The van der Waals surface area contributed by atoms with E-state index in [0.29, 0.717) is 0 Å². The second kappa shape index (κ2) is 26.7. The molecule has 0 radical (unpaired) electrons. The summed E-state index contributed by atoms with van der Waals surface area (Å²) in [6, 6.07) is 1.06. The number of unbranched alkanes of at least 4 members (excludes halogenated alkanes) is 24. The lowest BCUT2D eigenvalue weighted by molar-refractivity contribution is 0.517. The second-order valence-corrected chi connectivity index (χ2v) is 19.0. The van der Waals surface area contributed by atoms with E-state index in [2.05, 4.69) is 0 Å². The summed E-state index contributed by atoms with van der Waals surface area (Å²) in [6.07, 6.45) is 35.4. The van der Waals surface area contributed by atoms with Crippen molar-refractivity contribution >= 4 is 40.5 Å². The molecule has 0 saturated heterocycles. The molecule has 0 spiro atoms. The molecule has 0 N–H and O–H groups in total. The largest absolute Gasteiger partial charge is 0.248 e. The zero-order valence-corrected chi connectivity index (χ0v) is 25.0. The van der Waals surface area contributed by atoms with Crippen molar-refractivity contribution in [1.82, 2.24) is 0 Å². The first-order chi connectivity index (χ1) is 15.6. The zero-order valence-electron chi connectivity index (χ0n) is 21.7. The highest BCUT2D eigenvalue weighted by Crippen LogP contribution is 2.23. The minimum absolute atomic E-state index is 0.841. The minimum Gasteiger partial charge on any atom is -0.146 e. The third-order valence-corrected chi connectivity index (χ3v) is 9.38. The summed E-state index contributed by atoms with van der Waals surface area (Å²) in [5, 5.41) is 0. The summed E-state index contributed by atoms with van der Waals surface area (Å²) in [6.45, 7) is 0.200. The summed E-state index contributed by atoms with van der Waals surface area (Å²) in [5.74, 6) is 0.841. The average molecular weight is 528 g/mol. The Morgan fingerprint density at radius 1 is 0.344 bits per heavy atom. The maximum atomic E-state index is 6.14. The molecule has 0 unspecified atom stereocenters. The zero-order chi connectivity index (χ0) is 23.6. The van der Waals surface area contributed by atoms with Crippen molar-refractivity contribution in [2.24, 2.45) is 0 Å². The molecule has 0 rings (SSSR count). The molecule has 0 saturated carbocycles. The quantitative estimate of drug-likeness (QED) is 0.0431. The Bertz CT molecular complexity index is 344. The van der Waals surface area contributed by atoms with Crippen molar-refractivity contribution in [1.29, 1.82) is 0 Å². The molecule has 32 heavy (non-hydrogen) atoms. The number of hydrogen-bond donors (Lipinski definition) is 0. The van der Waals surface area contributed by atoms with Crippen LogP contribution in [0.3, 0.4) is 0 Å². The van der Waals surface area contributed by atoms with Gasteiger partial charge in [-0.3, -0.25) is 0 Å². The fraction of sp³-hybridized carbons (Fsp3) is 1.00. The molecule has 0 fully saturated rings. The van der Waals surface area contributed by atoms with Gasteiger partial charge in [0.05, 0.1) is 0 Å². The average Bonchev–Trinajstić information content (AvgIpc) is 2.75. The molecule has 0 atom stereocenters. The van der Waals surface area contributed by atoms with E-state index in [1.165, 1.54) is 161 Å². The van der Waals surface area contributed by atoms with Crippen LogP contribution >= 0.6 is 33.8 Å². The predicted molar refractivity (Wildman–Crippen MR) is 154 cm³/mol. The van der Waals surface area contributed by atoms with Gasteiger partial charge in [0, 0.05) is 5.88 Å². The van der Waals surface area contributed by atoms with Gasteiger partial charge >= 0.3 is 0 Å². The number of rotatable bonds is 27. The van der Waals surface area contributed by atoms with E-state index in [9.17, 15) is 0 Å².